The van der Waals surface area contributed by atoms with Crippen molar-refractivity contribution in [3.63, 3.8) is 0 Å². The zero-order valence-corrected chi connectivity index (χ0v) is 23.2. The predicted molar refractivity (Wildman–Crippen MR) is 145 cm³/mol. The standard InChI is InChI=1S/C33H50O2/c1-22(2)8-6-9-23(3)28-13-14-29-27-12-11-25-21-31(34)24(20-26-10-7-19-35-26)15-17-32(25,4)30(27)16-18-33(28,29)5/h7,10,19-20,22-23,25,27-30H,6,8-9,11-18,21H2,1-5H3/b24-20+/t23-,25+,27?,28?,29?,30?,32?,33?/m1/s1. The second kappa shape index (κ2) is 9.86. The number of ketones is 1. The summed E-state index contributed by atoms with van der Waals surface area (Å²) in [5, 5.41) is 0. The van der Waals surface area contributed by atoms with E-state index in [1.165, 1.54) is 64.2 Å². The maximum absolute atomic E-state index is 13.3. The molecule has 0 aliphatic heterocycles. The number of Topliss-reactive ketones (excluding diaryl/α,β-unsaturated/α-hetero) is 1. The van der Waals surface area contributed by atoms with Gasteiger partial charge in [-0.05, 0) is 127 Å². The van der Waals surface area contributed by atoms with Crippen molar-refractivity contribution in [3.05, 3.63) is 29.7 Å². The minimum atomic E-state index is 0.319. The van der Waals surface area contributed by atoms with Gasteiger partial charge in [0, 0.05) is 6.42 Å². The Morgan fingerprint density at radius 3 is 2.54 bits per heavy atom. The fourth-order valence-electron chi connectivity index (χ4n) is 9.88. The molecule has 2 heteroatoms. The van der Waals surface area contributed by atoms with Crippen molar-refractivity contribution >= 4 is 11.9 Å². The van der Waals surface area contributed by atoms with Crippen LogP contribution in [0.2, 0.25) is 0 Å². The van der Waals surface area contributed by atoms with Crippen molar-refractivity contribution in [2.45, 2.75) is 112 Å². The first-order chi connectivity index (χ1) is 16.7. The first kappa shape index (κ1) is 25.3. The van der Waals surface area contributed by atoms with Crippen LogP contribution >= 0.6 is 0 Å². The van der Waals surface area contributed by atoms with Gasteiger partial charge >= 0.3 is 0 Å². The van der Waals surface area contributed by atoms with Crippen molar-refractivity contribution < 1.29 is 9.21 Å². The molecular weight excluding hydrogens is 428 g/mol. The Kier molecular flexibility index (Phi) is 7.14. The Balaban J connectivity index is 1.31. The third-order valence-corrected chi connectivity index (χ3v) is 11.8. The molecule has 2 nitrogen and oxygen atoms in total. The van der Waals surface area contributed by atoms with E-state index < -0.39 is 0 Å². The Labute approximate surface area is 214 Å². The second-order valence-corrected chi connectivity index (χ2v) is 14.0. The van der Waals surface area contributed by atoms with E-state index in [0.29, 0.717) is 22.5 Å². The molecule has 0 radical (unpaired) electrons. The number of allylic oxidation sites excluding steroid dienone is 1. The molecule has 4 fully saturated rings. The lowest BCUT2D eigenvalue weighted by atomic mass is 9.46. The summed E-state index contributed by atoms with van der Waals surface area (Å²) in [7, 11) is 0. The summed E-state index contributed by atoms with van der Waals surface area (Å²) in [6.45, 7) is 12.6. The minimum absolute atomic E-state index is 0.319. The fourth-order valence-corrected chi connectivity index (χ4v) is 9.88. The quantitative estimate of drug-likeness (QED) is 0.381. The third kappa shape index (κ3) is 4.61. The SMILES string of the molecule is CC(C)CCC[C@@H](C)C1CCC2C3CC[C@H]4CC(=O)/C(=C/c5ccco5)CCC4(C)C3CCC21C. The number of hydrogen-bond donors (Lipinski definition) is 0. The maximum atomic E-state index is 13.3. The van der Waals surface area contributed by atoms with Gasteiger partial charge in [-0.15, -0.1) is 0 Å². The van der Waals surface area contributed by atoms with E-state index in [1.807, 2.05) is 18.2 Å². The zero-order valence-electron chi connectivity index (χ0n) is 23.2. The van der Waals surface area contributed by atoms with Gasteiger partial charge in [-0.2, -0.15) is 0 Å². The Morgan fingerprint density at radius 1 is 1.00 bits per heavy atom. The van der Waals surface area contributed by atoms with Crippen LogP contribution in [0.15, 0.2) is 28.4 Å². The summed E-state index contributed by atoms with van der Waals surface area (Å²) >= 11 is 0. The average molecular weight is 479 g/mol. The van der Waals surface area contributed by atoms with Crippen LogP contribution < -0.4 is 0 Å². The van der Waals surface area contributed by atoms with Crippen LogP contribution in [0.25, 0.3) is 6.08 Å². The molecule has 8 atom stereocenters. The largest absolute Gasteiger partial charge is 0.465 e. The molecule has 0 aromatic carbocycles. The molecular formula is C33H50O2. The smallest absolute Gasteiger partial charge is 0.159 e. The highest BCUT2D eigenvalue weighted by molar-refractivity contribution is 5.99. The number of rotatable bonds is 6. The summed E-state index contributed by atoms with van der Waals surface area (Å²) in [5.41, 5.74) is 1.87. The lowest BCUT2D eigenvalue weighted by Gasteiger charge is -2.59. The van der Waals surface area contributed by atoms with Crippen LogP contribution in [0, 0.1) is 52.3 Å². The van der Waals surface area contributed by atoms with Crippen LogP contribution in [0.4, 0.5) is 0 Å². The molecule has 4 saturated carbocycles. The molecule has 5 rings (SSSR count). The lowest BCUT2D eigenvalue weighted by Crippen LogP contribution is -2.52. The molecule has 1 aromatic rings. The first-order valence-electron chi connectivity index (χ1n) is 15.0. The molecule has 6 unspecified atom stereocenters. The summed E-state index contributed by atoms with van der Waals surface area (Å²) in [4.78, 5) is 13.3. The van der Waals surface area contributed by atoms with Gasteiger partial charge in [0.2, 0.25) is 0 Å². The van der Waals surface area contributed by atoms with Crippen molar-refractivity contribution in [2.75, 3.05) is 0 Å². The lowest BCUT2D eigenvalue weighted by molar-refractivity contribution is -0.123. The van der Waals surface area contributed by atoms with E-state index in [1.54, 1.807) is 6.26 Å². The van der Waals surface area contributed by atoms with E-state index in [2.05, 4.69) is 34.6 Å². The molecule has 4 aliphatic rings. The molecule has 0 spiro atoms. The number of hydrogen-bond acceptors (Lipinski definition) is 2. The van der Waals surface area contributed by atoms with Gasteiger partial charge in [0.05, 0.1) is 6.26 Å². The normalized spacial score (nSPS) is 41.4. The Morgan fingerprint density at radius 2 is 1.80 bits per heavy atom. The maximum Gasteiger partial charge on any atom is 0.159 e. The molecule has 1 heterocycles. The third-order valence-electron chi connectivity index (χ3n) is 11.8. The molecule has 0 saturated heterocycles. The van der Waals surface area contributed by atoms with Crippen LogP contribution in [0.3, 0.4) is 0 Å². The molecule has 0 amide bonds. The Bertz CT molecular complexity index is 910. The van der Waals surface area contributed by atoms with Crippen LogP contribution in [0.1, 0.15) is 117 Å². The molecule has 1 aromatic heterocycles. The molecule has 4 aliphatic carbocycles. The van der Waals surface area contributed by atoms with Gasteiger partial charge in [-0.1, -0.05) is 53.9 Å². The average Bonchev–Trinajstić information content (AvgIpc) is 3.42. The van der Waals surface area contributed by atoms with Gasteiger partial charge in [0.1, 0.15) is 5.76 Å². The minimum Gasteiger partial charge on any atom is -0.465 e. The summed E-state index contributed by atoms with van der Waals surface area (Å²) < 4.78 is 5.55. The van der Waals surface area contributed by atoms with E-state index in [0.717, 1.165) is 59.7 Å². The van der Waals surface area contributed by atoms with Crippen molar-refractivity contribution in [2.24, 2.45) is 52.3 Å². The number of fused-ring (bicyclic) bond motifs is 5. The van der Waals surface area contributed by atoms with Crippen molar-refractivity contribution in [3.8, 4) is 0 Å². The van der Waals surface area contributed by atoms with E-state index in [4.69, 9.17) is 4.42 Å². The topological polar surface area (TPSA) is 30.2 Å². The Hall–Kier alpha value is -1.31. The number of carbonyl (C=O) groups is 1. The van der Waals surface area contributed by atoms with Crippen molar-refractivity contribution in [1.82, 2.24) is 0 Å². The molecule has 0 N–H and O–H groups in total. The van der Waals surface area contributed by atoms with Gasteiger partial charge < -0.3 is 4.42 Å². The first-order valence-corrected chi connectivity index (χ1v) is 15.0. The molecule has 194 valence electrons. The molecule has 0 bridgehead atoms. The van der Waals surface area contributed by atoms with Crippen molar-refractivity contribution in [1.29, 1.82) is 0 Å². The summed E-state index contributed by atoms with van der Waals surface area (Å²) in [6, 6.07) is 3.89. The highest BCUT2D eigenvalue weighted by Gasteiger charge is 2.60. The van der Waals surface area contributed by atoms with Gasteiger partial charge in [0.15, 0.2) is 5.78 Å². The van der Waals surface area contributed by atoms with Crippen LogP contribution in [-0.4, -0.2) is 5.78 Å². The fraction of sp³-hybridized carbons (Fsp3) is 0.788. The van der Waals surface area contributed by atoms with E-state index in [9.17, 15) is 4.79 Å². The highest BCUT2D eigenvalue weighted by Crippen LogP contribution is 2.68. The zero-order chi connectivity index (χ0) is 24.8. The summed E-state index contributed by atoms with van der Waals surface area (Å²) in [6.07, 6.45) is 19.2. The van der Waals surface area contributed by atoms with E-state index in [-0.39, 0.29) is 0 Å². The van der Waals surface area contributed by atoms with Gasteiger partial charge in [0.25, 0.3) is 0 Å². The highest BCUT2D eigenvalue weighted by atomic mass is 16.3. The second-order valence-electron chi connectivity index (χ2n) is 14.0. The summed E-state index contributed by atoms with van der Waals surface area (Å²) in [5.74, 6) is 7.00. The van der Waals surface area contributed by atoms with E-state index >= 15 is 0 Å². The number of furan rings is 1. The predicted octanol–water partition coefficient (Wildman–Crippen LogP) is 9.35. The monoisotopic (exact) mass is 478 g/mol. The van der Waals surface area contributed by atoms with Crippen LogP contribution in [0.5, 0.6) is 0 Å². The van der Waals surface area contributed by atoms with Gasteiger partial charge in [-0.3, -0.25) is 4.79 Å². The molecule has 35 heavy (non-hydrogen) atoms. The van der Waals surface area contributed by atoms with Crippen LogP contribution in [-0.2, 0) is 4.79 Å². The number of carbonyl (C=O) groups excluding carboxylic acids is 1. The van der Waals surface area contributed by atoms with Gasteiger partial charge in [-0.25, -0.2) is 0 Å².